The highest BCUT2D eigenvalue weighted by atomic mass is 16.5. The minimum absolute atomic E-state index is 0. The molecule has 1 fully saturated rings. The number of hydrogen-bond acceptors (Lipinski definition) is 3. The van der Waals surface area contributed by atoms with Crippen LogP contribution in [-0.4, -0.2) is 36.5 Å². The van der Waals surface area contributed by atoms with E-state index in [-0.39, 0.29) is 19.6 Å². The molecule has 1 atom stereocenters. The molecular weight excluding hydrogens is 184 g/mol. The van der Waals surface area contributed by atoms with Crippen LogP contribution in [0.25, 0.3) is 0 Å². The van der Waals surface area contributed by atoms with Gasteiger partial charge in [0.15, 0.2) is 0 Å². The number of ether oxygens (including phenoxy) is 2. The summed E-state index contributed by atoms with van der Waals surface area (Å²) in [6.45, 7) is 1.95. The second-order valence-corrected chi connectivity index (χ2v) is 3.20. The molecule has 3 N–H and O–H groups in total. The van der Waals surface area contributed by atoms with Crippen molar-refractivity contribution in [1.82, 2.24) is 0 Å². The maximum absolute atomic E-state index is 8.44. The van der Waals surface area contributed by atoms with Crippen molar-refractivity contribution >= 4 is 0 Å². The number of hydrogen-bond donors (Lipinski definition) is 1. The number of allylic oxidation sites excluding steroid dienone is 1. The molecule has 1 unspecified atom stereocenters. The first-order valence-corrected chi connectivity index (χ1v) is 4.92. The van der Waals surface area contributed by atoms with Gasteiger partial charge in [-0.15, -0.1) is 0 Å². The van der Waals surface area contributed by atoms with Crippen LogP contribution in [0, 0.1) is 0 Å². The molecule has 4 heteroatoms. The Hall–Kier alpha value is -0.580. The van der Waals surface area contributed by atoms with Crippen molar-refractivity contribution < 1.29 is 21.5 Å². The van der Waals surface area contributed by atoms with Crippen molar-refractivity contribution in [3.05, 3.63) is 12.3 Å². The van der Waals surface area contributed by atoms with Crippen molar-refractivity contribution in [1.29, 1.82) is 0 Å². The molecule has 0 radical (unpaired) electrons. The topological polar surface area (TPSA) is 70.2 Å². The lowest BCUT2D eigenvalue weighted by atomic mass is 10.2. The van der Waals surface area contributed by atoms with Crippen LogP contribution in [-0.2, 0) is 9.47 Å². The Morgan fingerprint density at radius 3 is 2.43 bits per heavy atom. The average molecular weight is 205 g/mol. The smallest absolute Gasteiger partial charge is 0.502 e. The Morgan fingerprint density at radius 2 is 2.21 bits per heavy atom. The van der Waals surface area contributed by atoms with Gasteiger partial charge < -0.3 is 20.1 Å². The van der Waals surface area contributed by atoms with E-state index in [1.165, 1.54) is 12.8 Å². The van der Waals surface area contributed by atoms with E-state index in [9.17, 15) is 0 Å². The molecule has 4 nitrogen and oxygen atoms in total. The first-order valence-electron chi connectivity index (χ1n) is 4.92. The van der Waals surface area contributed by atoms with Crippen molar-refractivity contribution in [2.75, 3.05) is 19.8 Å². The van der Waals surface area contributed by atoms with E-state index in [1.54, 1.807) is 6.26 Å². The van der Waals surface area contributed by atoms with Crippen LogP contribution in [0.3, 0.4) is 0 Å². The predicted molar refractivity (Wildman–Crippen MR) is 55.1 cm³/mol. The third-order valence-electron chi connectivity index (χ3n) is 2.05. The first kappa shape index (κ1) is 13.4. The molecule has 2 rings (SSSR count). The van der Waals surface area contributed by atoms with Crippen molar-refractivity contribution in [3.63, 3.8) is 0 Å². The molecule has 2 heterocycles. The first-order chi connectivity index (χ1) is 6.43. The van der Waals surface area contributed by atoms with Crippen LogP contribution < -0.4 is 0 Å². The molecule has 0 aromatic heterocycles. The standard InChI is InChI=1S/C5H10O2.C5H8O.H2O/c6-4-5-2-1-3-7-5;1-2-4-6-5-3-1;/h5-6H,1-4H2;2,4H,1,3,5H2;1H2/p+1. The second-order valence-electron chi connectivity index (χ2n) is 3.20. The molecule has 1 saturated heterocycles. The summed E-state index contributed by atoms with van der Waals surface area (Å²) in [4.78, 5) is 0. The lowest BCUT2D eigenvalue weighted by molar-refractivity contribution is 0.0591. The zero-order valence-electron chi connectivity index (χ0n) is 9.45. The minimum atomic E-state index is 0. The summed E-state index contributed by atoms with van der Waals surface area (Å²) < 4.78 is 9.94. The van der Waals surface area contributed by atoms with Crippen molar-refractivity contribution in [2.45, 2.75) is 31.8 Å². The van der Waals surface area contributed by atoms with Gasteiger partial charge >= 0.3 is 1.43 Å². The summed E-state index contributed by atoms with van der Waals surface area (Å²) in [7, 11) is 0. The van der Waals surface area contributed by atoms with E-state index in [4.69, 9.17) is 14.6 Å². The average Bonchev–Trinajstić information content (AvgIpc) is 2.74. The van der Waals surface area contributed by atoms with Crippen molar-refractivity contribution in [3.8, 4) is 0 Å². The van der Waals surface area contributed by atoms with E-state index in [1.807, 2.05) is 6.08 Å². The third-order valence-corrected chi connectivity index (χ3v) is 2.05. The van der Waals surface area contributed by atoms with Crippen LogP contribution >= 0.6 is 0 Å². The van der Waals surface area contributed by atoms with Crippen LogP contribution in [0.1, 0.15) is 27.1 Å². The summed E-state index contributed by atoms with van der Waals surface area (Å²) >= 11 is 0. The molecule has 0 amide bonds. The van der Waals surface area contributed by atoms with E-state index in [0.717, 1.165) is 26.1 Å². The Kier molecular flexibility index (Phi) is 8.62. The molecule has 0 saturated carbocycles. The fourth-order valence-corrected chi connectivity index (χ4v) is 1.28. The third kappa shape index (κ3) is 5.96. The van der Waals surface area contributed by atoms with E-state index in [0.29, 0.717) is 0 Å². The highest BCUT2D eigenvalue weighted by molar-refractivity contribution is 4.76. The highest BCUT2D eigenvalue weighted by Gasteiger charge is 2.12. The second kappa shape index (κ2) is 8.99. The molecule has 84 valence electrons. The summed E-state index contributed by atoms with van der Waals surface area (Å²) in [5.74, 6) is 0. The van der Waals surface area contributed by atoms with Crippen LogP contribution in [0.4, 0.5) is 0 Å². The van der Waals surface area contributed by atoms with E-state index < -0.39 is 0 Å². The van der Waals surface area contributed by atoms with Gasteiger partial charge in [0.05, 0.1) is 25.6 Å². The van der Waals surface area contributed by atoms with Crippen LogP contribution in [0.2, 0.25) is 0 Å². The van der Waals surface area contributed by atoms with Gasteiger partial charge in [-0.1, -0.05) is 0 Å². The lowest BCUT2D eigenvalue weighted by Crippen LogP contribution is -2.09. The number of aliphatic hydroxyl groups is 1. The fraction of sp³-hybridized carbons (Fsp3) is 0.800. The summed E-state index contributed by atoms with van der Waals surface area (Å²) in [6, 6.07) is 0. The van der Waals surface area contributed by atoms with Gasteiger partial charge in [0.2, 0.25) is 0 Å². The molecule has 2 aliphatic rings. The Labute approximate surface area is 86.3 Å². The zero-order chi connectivity index (χ0) is 9.36. The summed E-state index contributed by atoms with van der Waals surface area (Å²) in [5.41, 5.74) is 0. The Bertz CT molecular complexity index is 138. The molecule has 0 aliphatic carbocycles. The molecule has 0 aromatic carbocycles. The summed E-state index contributed by atoms with van der Waals surface area (Å²) in [6.07, 6.45) is 8.51. The normalized spacial score (nSPS) is 24.2. The monoisotopic (exact) mass is 205 g/mol. The molecular formula is C10H21O4+. The van der Waals surface area contributed by atoms with Gasteiger partial charge in [-0.05, 0) is 31.8 Å². The Morgan fingerprint density at radius 1 is 1.36 bits per heavy atom. The maximum Gasteiger partial charge on any atom is 1.00 e. The van der Waals surface area contributed by atoms with Crippen LogP contribution in [0.15, 0.2) is 12.3 Å². The zero-order valence-corrected chi connectivity index (χ0v) is 8.45. The summed E-state index contributed by atoms with van der Waals surface area (Å²) in [5, 5.41) is 8.44. The quantitative estimate of drug-likeness (QED) is 0.687. The largest absolute Gasteiger partial charge is 1.00 e. The molecule has 0 aromatic rings. The molecule has 2 aliphatic heterocycles. The van der Waals surface area contributed by atoms with Gasteiger partial charge in [0, 0.05) is 6.61 Å². The lowest BCUT2D eigenvalue weighted by Gasteiger charge is -2.01. The molecule has 0 bridgehead atoms. The predicted octanol–water partition coefficient (Wildman–Crippen LogP) is 0.756. The Balaban J connectivity index is 0. The SMILES string of the molecule is C1=COCCC1.O.OCC1CCCO1.[H+]. The van der Waals surface area contributed by atoms with Crippen LogP contribution in [0.5, 0.6) is 0 Å². The minimum Gasteiger partial charge on any atom is -0.502 e. The van der Waals surface area contributed by atoms with Gasteiger partial charge in [0.1, 0.15) is 0 Å². The fourth-order valence-electron chi connectivity index (χ4n) is 1.28. The number of rotatable bonds is 1. The van der Waals surface area contributed by atoms with E-state index in [2.05, 4.69) is 0 Å². The van der Waals surface area contributed by atoms with Gasteiger partial charge in [0.25, 0.3) is 0 Å². The number of aliphatic hydroxyl groups excluding tert-OH is 1. The maximum atomic E-state index is 8.44. The molecule has 14 heavy (non-hydrogen) atoms. The van der Waals surface area contributed by atoms with Gasteiger partial charge in [-0.2, -0.15) is 0 Å². The van der Waals surface area contributed by atoms with Gasteiger partial charge in [-0.25, -0.2) is 0 Å². The van der Waals surface area contributed by atoms with Gasteiger partial charge in [-0.3, -0.25) is 0 Å². The molecule has 0 spiro atoms. The van der Waals surface area contributed by atoms with Crippen molar-refractivity contribution in [2.24, 2.45) is 0 Å². The highest BCUT2D eigenvalue weighted by Crippen LogP contribution is 2.09. The van der Waals surface area contributed by atoms with E-state index >= 15 is 0 Å².